The summed E-state index contributed by atoms with van der Waals surface area (Å²) in [5, 5.41) is 14.8. The molecule has 9 heterocycles. The van der Waals surface area contributed by atoms with Crippen molar-refractivity contribution in [3.8, 4) is 44.8 Å². The van der Waals surface area contributed by atoms with Crippen LogP contribution in [0.1, 0.15) is 46.8 Å². The Bertz CT molecular complexity index is 7640. The molecular weight excluding hydrogens is 1290 g/mol. The van der Waals surface area contributed by atoms with Crippen LogP contribution in [0.2, 0.25) is 0 Å². The van der Waals surface area contributed by atoms with Crippen molar-refractivity contribution in [1.82, 2.24) is 9.13 Å². The molecule has 492 valence electrons. The fraction of sp³-hybridized carbons (Fsp3) is 0.0625. The van der Waals surface area contributed by atoms with Crippen molar-refractivity contribution in [2.24, 2.45) is 0 Å². The molecule has 0 saturated heterocycles. The van der Waals surface area contributed by atoms with Crippen molar-refractivity contribution in [1.29, 1.82) is 0 Å². The zero-order valence-corrected chi connectivity index (χ0v) is 56.4. The molecule has 1 aliphatic heterocycles. The minimum atomic E-state index is 0.192. The van der Waals surface area contributed by atoms with Crippen LogP contribution in [0.4, 0.5) is 11.4 Å². The molecule has 0 radical (unpaired) electrons. The largest absolute Gasteiger partial charge is 0.452 e. The minimum absolute atomic E-state index is 0.192. The van der Waals surface area contributed by atoms with Crippen LogP contribution in [0.3, 0.4) is 0 Å². The number of anilines is 2. The zero-order chi connectivity index (χ0) is 68.0. The second-order valence-corrected chi connectivity index (χ2v) is 29.1. The highest BCUT2D eigenvalue weighted by atomic mass is 16.4. The van der Waals surface area contributed by atoms with Gasteiger partial charge in [-0.05, 0) is 240 Å². The first-order valence-electron chi connectivity index (χ1n) is 36.4. The van der Waals surface area contributed by atoms with Gasteiger partial charge in [-0.25, -0.2) is 0 Å². The number of aryl methyl sites for hydroxylation is 1. The molecule has 0 bridgehead atoms. The molecule has 2 atom stereocenters. The van der Waals surface area contributed by atoms with Crippen LogP contribution in [-0.2, 0) is 12.8 Å². The number of furan rings is 6. The van der Waals surface area contributed by atoms with E-state index in [1.54, 1.807) is 0 Å². The SMILES string of the molecule is C1=CC2c3ccccc3N(c3ccc4oc5c(ccc6c7cc(-c8cc(-c9ccc%10oc%11c(ccc%12c%13cc(-n%14c%15c(c%16ccccc%16%14)CCC=C%15)ccc%13oc%12%11)c%10c9)cc(-c9ccc%10oc%11c(ccc%12c%13cc(-n%14c%15c(c%16ccccc%16%14)C=CCC%15)ccc%13oc%12%11)c%10c9)c8)ccc7oc65)c4c3)C2C=C1. The van der Waals surface area contributed by atoms with Crippen LogP contribution in [-0.4, -0.2) is 15.2 Å². The smallest absolute Gasteiger partial charge is 0.178 e. The molecule has 4 aliphatic rings. The summed E-state index contributed by atoms with van der Waals surface area (Å²) in [4.78, 5) is 2.47. The highest BCUT2D eigenvalue weighted by Gasteiger charge is 2.38. The lowest BCUT2D eigenvalue weighted by molar-refractivity contribution is 0.633. The van der Waals surface area contributed by atoms with Crippen molar-refractivity contribution in [2.45, 2.75) is 37.6 Å². The van der Waals surface area contributed by atoms with Gasteiger partial charge >= 0.3 is 0 Å². The number of nitrogens with zero attached hydrogens (tertiary/aromatic N) is 3. The number of para-hydroxylation sites is 3. The van der Waals surface area contributed by atoms with Crippen molar-refractivity contribution in [2.75, 3.05) is 4.90 Å². The zero-order valence-electron chi connectivity index (χ0n) is 56.4. The number of hydrogen-bond acceptors (Lipinski definition) is 7. The predicted octanol–water partition coefficient (Wildman–Crippen LogP) is 26.6. The maximum absolute atomic E-state index is 6.89. The van der Waals surface area contributed by atoms with Crippen LogP contribution >= 0.6 is 0 Å². The molecule has 2 unspecified atom stereocenters. The average Bonchev–Trinajstić information content (AvgIpc) is 1.58. The van der Waals surface area contributed by atoms with Crippen molar-refractivity contribution < 1.29 is 26.5 Å². The van der Waals surface area contributed by atoms with E-state index in [1.807, 2.05) is 0 Å². The van der Waals surface area contributed by atoms with Gasteiger partial charge in [-0.15, -0.1) is 0 Å². The number of benzene rings is 13. The third-order valence-corrected chi connectivity index (χ3v) is 23.6. The van der Waals surface area contributed by atoms with Crippen molar-refractivity contribution in [3.05, 3.63) is 301 Å². The topological polar surface area (TPSA) is 91.9 Å². The van der Waals surface area contributed by atoms with Gasteiger partial charge in [0.15, 0.2) is 33.5 Å². The summed E-state index contributed by atoms with van der Waals surface area (Å²) in [6.45, 7) is 0. The van der Waals surface area contributed by atoms with Crippen LogP contribution < -0.4 is 4.90 Å². The third-order valence-electron chi connectivity index (χ3n) is 23.6. The molecule has 0 fully saturated rings. The van der Waals surface area contributed by atoms with E-state index >= 15 is 0 Å². The minimum Gasteiger partial charge on any atom is -0.452 e. The summed E-state index contributed by atoms with van der Waals surface area (Å²) < 4.78 is 46.0. The first kappa shape index (κ1) is 56.2. The van der Waals surface area contributed by atoms with E-state index in [1.165, 1.54) is 55.6 Å². The molecule has 8 aromatic heterocycles. The molecule has 0 amide bonds. The molecule has 13 aromatic carbocycles. The highest BCUT2D eigenvalue weighted by Crippen LogP contribution is 2.51. The molecular formula is C96H57N3O6. The molecule has 9 heteroatoms. The van der Waals surface area contributed by atoms with E-state index in [9.17, 15) is 0 Å². The molecule has 0 saturated carbocycles. The van der Waals surface area contributed by atoms with Crippen molar-refractivity contribution in [3.63, 3.8) is 0 Å². The standard InChI is InChI=1S/C96H57N3O6/c1-7-19-79-61(13-1)62-14-2-8-20-80(62)97(79)58-28-40-88-76(49-58)70-34-31-67-73-46-52(25-37-85(73)100-91(67)94(70)103-88)55-43-56(53-26-38-86-74(47-53)68-32-35-71-77-50-59(29-41-89(77)104-95(71)92(68)101-86)98-81-21-9-3-15-63(81)64-16-4-10-22-82(64)98)45-57(44-55)54-27-39-87-75(48-54)69-33-36-72-78-51-60(30-42-90(78)105-96(72)93(69)102-87)99-83-23-11-5-17-65(83)66-18-6-12-24-84(66)99/h1-5,7-9,11-17,19-21,23-51,61,79H,6,10,18,22H2. The lowest BCUT2D eigenvalue weighted by Gasteiger charge is -2.28. The number of rotatable bonds is 6. The number of fused-ring (bicyclic) bond motifs is 30. The summed E-state index contributed by atoms with van der Waals surface area (Å²) >= 11 is 0. The lowest BCUT2D eigenvalue weighted by Crippen LogP contribution is -2.28. The Morgan fingerprint density at radius 3 is 1.27 bits per heavy atom. The maximum atomic E-state index is 6.89. The van der Waals surface area contributed by atoms with Gasteiger partial charge in [0.05, 0.1) is 17.1 Å². The van der Waals surface area contributed by atoms with Gasteiger partial charge in [-0.1, -0.05) is 115 Å². The Hall–Kier alpha value is -13.5. The quantitative estimate of drug-likeness (QED) is 0.164. The summed E-state index contributed by atoms with van der Waals surface area (Å²) in [5.74, 6) is 0.291. The van der Waals surface area contributed by atoms with Gasteiger partial charge in [-0.3, -0.25) is 0 Å². The first-order valence-corrected chi connectivity index (χ1v) is 36.4. The molecule has 0 N–H and O–H groups in total. The van der Waals surface area contributed by atoms with E-state index in [2.05, 4.69) is 299 Å². The van der Waals surface area contributed by atoms with Gasteiger partial charge < -0.3 is 40.5 Å². The Morgan fingerprint density at radius 2 is 0.724 bits per heavy atom. The number of aromatic nitrogens is 2. The maximum Gasteiger partial charge on any atom is 0.178 e. The summed E-state index contributed by atoms with van der Waals surface area (Å²) in [6.07, 6.45) is 22.2. The van der Waals surface area contributed by atoms with Crippen LogP contribution in [0.15, 0.2) is 300 Å². The molecule has 105 heavy (non-hydrogen) atoms. The summed E-state index contributed by atoms with van der Waals surface area (Å²) in [5.41, 5.74) is 29.3. The van der Waals surface area contributed by atoms with Gasteiger partial charge in [0, 0.05) is 121 Å². The normalized spacial score (nSPS) is 15.7. The number of hydrogen-bond donors (Lipinski definition) is 0. The Labute approximate surface area is 597 Å². The van der Waals surface area contributed by atoms with Gasteiger partial charge in [0.25, 0.3) is 0 Å². The Kier molecular flexibility index (Phi) is 11.0. The van der Waals surface area contributed by atoms with E-state index in [4.69, 9.17) is 26.5 Å². The second-order valence-electron chi connectivity index (χ2n) is 29.1. The molecule has 3 aliphatic carbocycles. The molecule has 0 spiro atoms. The lowest BCUT2D eigenvalue weighted by atomic mass is 9.91. The van der Waals surface area contributed by atoms with Crippen LogP contribution in [0.25, 0.3) is 210 Å². The van der Waals surface area contributed by atoms with Crippen molar-refractivity contribution >= 4 is 177 Å². The second kappa shape index (κ2) is 20.6. The van der Waals surface area contributed by atoms with E-state index in [0.29, 0.717) is 5.92 Å². The molecule has 25 rings (SSSR count). The van der Waals surface area contributed by atoms with Gasteiger partial charge in [0.2, 0.25) is 0 Å². The van der Waals surface area contributed by atoms with E-state index < -0.39 is 0 Å². The Morgan fingerprint density at radius 1 is 0.305 bits per heavy atom. The predicted molar refractivity (Wildman–Crippen MR) is 428 cm³/mol. The Balaban J connectivity index is 0.626. The van der Waals surface area contributed by atoms with Gasteiger partial charge in [-0.2, -0.15) is 0 Å². The fourth-order valence-electron chi connectivity index (χ4n) is 18.8. The monoisotopic (exact) mass is 1350 g/mol. The highest BCUT2D eigenvalue weighted by molar-refractivity contribution is 6.23. The first-order chi connectivity index (χ1) is 52.0. The van der Waals surface area contributed by atoms with E-state index in [-0.39, 0.29) is 6.04 Å². The molecule has 9 nitrogen and oxygen atoms in total. The summed E-state index contributed by atoms with van der Waals surface area (Å²) in [6, 6.07) is 86.2. The average molecular weight is 1350 g/mol. The fourth-order valence-corrected chi connectivity index (χ4v) is 18.8. The number of allylic oxidation sites excluding steroid dienone is 4. The van der Waals surface area contributed by atoms with E-state index in [0.717, 1.165) is 208 Å². The molecule has 21 aromatic rings. The third kappa shape index (κ3) is 7.80. The van der Waals surface area contributed by atoms with Gasteiger partial charge in [0.1, 0.15) is 33.5 Å². The van der Waals surface area contributed by atoms with Crippen LogP contribution in [0.5, 0.6) is 0 Å². The summed E-state index contributed by atoms with van der Waals surface area (Å²) in [7, 11) is 0. The van der Waals surface area contributed by atoms with Crippen LogP contribution in [0, 0.1) is 0 Å².